The molecular weight excluding hydrogens is 230 g/mol. The first-order valence-electron chi connectivity index (χ1n) is 5.98. The summed E-state index contributed by atoms with van der Waals surface area (Å²) in [7, 11) is 0. The molecule has 1 N–H and O–H groups in total. The smallest absolute Gasteiger partial charge is 0.348 e. The zero-order valence-electron chi connectivity index (χ0n) is 10.2. The van der Waals surface area contributed by atoms with Crippen LogP contribution < -0.4 is 5.63 Å². The second-order valence-electron chi connectivity index (χ2n) is 4.04. The van der Waals surface area contributed by atoms with Crippen LogP contribution in [0.3, 0.4) is 0 Å². The van der Waals surface area contributed by atoms with Gasteiger partial charge in [0.15, 0.2) is 0 Å². The van der Waals surface area contributed by atoms with Crippen LogP contribution in [0.15, 0.2) is 38.5 Å². The van der Waals surface area contributed by atoms with E-state index in [2.05, 4.69) is 11.9 Å². The number of unbranched alkanes of at least 4 members (excludes halogenated alkanes) is 1. The number of nitrogens with zero attached hydrogens (tertiary/aromatic N) is 1. The maximum absolute atomic E-state index is 11.7. The number of benzene rings is 1. The Morgan fingerprint density at radius 3 is 2.94 bits per heavy atom. The molecule has 0 aliphatic heterocycles. The summed E-state index contributed by atoms with van der Waals surface area (Å²) in [5, 5.41) is 10.6. The topological polar surface area (TPSA) is 62.8 Å². The molecule has 0 radical (unpaired) electrons. The number of fused-ring (bicyclic) bond motifs is 1. The van der Waals surface area contributed by atoms with Crippen molar-refractivity contribution in [2.24, 2.45) is 4.99 Å². The van der Waals surface area contributed by atoms with E-state index in [4.69, 9.17) is 4.42 Å². The van der Waals surface area contributed by atoms with Crippen molar-refractivity contribution in [3.8, 4) is 5.75 Å². The molecule has 1 heterocycles. The van der Waals surface area contributed by atoms with Crippen molar-refractivity contribution < 1.29 is 9.52 Å². The molecule has 0 bridgehead atoms. The van der Waals surface area contributed by atoms with Crippen molar-refractivity contribution in [1.29, 1.82) is 0 Å². The summed E-state index contributed by atoms with van der Waals surface area (Å²) in [4.78, 5) is 15.8. The minimum atomic E-state index is -0.563. The number of hydrogen-bond donors (Lipinski definition) is 1. The van der Waals surface area contributed by atoms with Gasteiger partial charge in [0, 0.05) is 12.8 Å². The Bertz CT molecular complexity index is 628. The lowest BCUT2D eigenvalue weighted by atomic mass is 10.1. The van der Waals surface area contributed by atoms with Gasteiger partial charge in [0.1, 0.15) is 16.9 Å². The van der Waals surface area contributed by atoms with Gasteiger partial charge in [0.2, 0.25) is 0 Å². The lowest BCUT2D eigenvalue weighted by Crippen LogP contribution is -2.07. The molecule has 0 aliphatic carbocycles. The Morgan fingerprint density at radius 1 is 1.39 bits per heavy atom. The highest BCUT2D eigenvalue weighted by Crippen LogP contribution is 2.24. The van der Waals surface area contributed by atoms with Crippen LogP contribution in [0.1, 0.15) is 25.3 Å². The number of aliphatic imine (C=N–C) groups is 1. The Balaban J connectivity index is 2.44. The van der Waals surface area contributed by atoms with Crippen LogP contribution in [0.2, 0.25) is 0 Å². The molecule has 0 amide bonds. The second-order valence-corrected chi connectivity index (χ2v) is 4.04. The predicted octanol–water partition coefficient (Wildman–Crippen LogP) is 2.72. The van der Waals surface area contributed by atoms with Crippen molar-refractivity contribution in [2.45, 2.75) is 19.8 Å². The lowest BCUT2D eigenvalue weighted by molar-refractivity contribution is 0.466. The molecule has 4 heteroatoms. The van der Waals surface area contributed by atoms with Gasteiger partial charge in [0.05, 0.1) is 5.39 Å². The Hall–Kier alpha value is -2.10. The predicted molar refractivity (Wildman–Crippen MR) is 71.5 cm³/mol. The zero-order chi connectivity index (χ0) is 13.0. The molecule has 2 aromatic rings. The first-order chi connectivity index (χ1) is 8.74. The van der Waals surface area contributed by atoms with E-state index >= 15 is 0 Å². The third kappa shape index (κ3) is 2.42. The van der Waals surface area contributed by atoms with Gasteiger partial charge in [-0.1, -0.05) is 25.5 Å². The number of para-hydroxylation sites is 1. The second kappa shape index (κ2) is 5.49. The van der Waals surface area contributed by atoms with Gasteiger partial charge in [-0.2, -0.15) is 0 Å². The van der Waals surface area contributed by atoms with E-state index in [1.165, 1.54) is 6.21 Å². The van der Waals surface area contributed by atoms with E-state index in [9.17, 15) is 9.90 Å². The first-order valence-corrected chi connectivity index (χ1v) is 5.98. The fourth-order valence-corrected chi connectivity index (χ4v) is 1.67. The third-order valence-corrected chi connectivity index (χ3v) is 2.68. The van der Waals surface area contributed by atoms with Crippen LogP contribution in [0.5, 0.6) is 5.75 Å². The summed E-state index contributed by atoms with van der Waals surface area (Å²) in [5.41, 5.74) is -0.0676. The Morgan fingerprint density at radius 2 is 2.17 bits per heavy atom. The lowest BCUT2D eigenvalue weighted by Gasteiger charge is -2.02. The molecule has 0 fully saturated rings. The van der Waals surface area contributed by atoms with Gasteiger partial charge in [-0.05, 0) is 18.6 Å². The van der Waals surface area contributed by atoms with Gasteiger partial charge in [0.25, 0.3) is 0 Å². The van der Waals surface area contributed by atoms with Crippen LogP contribution in [0.4, 0.5) is 0 Å². The molecule has 0 saturated carbocycles. The van der Waals surface area contributed by atoms with Gasteiger partial charge >= 0.3 is 5.63 Å². The van der Waals surface area contributed by atoms with Crippen molar-refractivity contribution in [3.05, 3.63) is 40.2 Å². The average Bonchev–Trinajstić information content (AvgIpc) is 2.38. The molecule has 0 unspecified atom stereocenters. The summed E-state index contributed by atoms with van der Waals surface area (Å²) >= 11 is 0. The minimum Gasteiger partial charge on any atom is -0.506 e. The van der Waals surface area contributed by atoms with Crippen LogP contribution in [0, 0.1) is 0 Å². The highest BCUT2D eigenvalue weighted by molar-refractivity contribution is 5.93. The summed E-state index contributed by atoms with van der Waals surface area (Å²) in [5.74, 6) is -0.0675. The van der Waals surface area contributed by atoms with Gasteiger partial charge in [-0.3, -0.25) is 4.99 Å². The molecule has 0 saturated heterocycles. The van der Waals surface area contributed by atoms with E-state index in [0.29, 0.717) is 17.5 Å². The van der Waals surface area contributed by atoms with Crippen molar-refractivity contribution in [3.63, 3.8) is 0 Å². The average molecular weight is 245 g/mol. The standard InChI is InChI=1S/C14H15NO3/c1-2-3-8-15-9-11-13(16)10-6-4-5-7-12(10)18-14(11)17/h4-7,9,16H,2-3,8H2,1H3. The largest absolute Gasteiger partial charge is 0.506 e. The van der Waals surface area contributed by atoms with E-state index in [-0.39, 0.29) is 11.3 Å². The van der Waals surface area contributed by atoms with Gasteiger partial charge in [-0.25, -0.2) is 4.79 Å². The highest BCUT2D eigenvalue weighted by atomic mass is 16.4. The molecule has 4 nitrogen and oxygen atoms in total. The summed E-state index contributed by atoms with van der Waals surface area (Å²) in [6.45, 7) is 2.71. The fourth-order valence-electron chi connectivity index (χ4n) is 1.67. The summed E-state index contributed by atoms with van der Waals surface area (Å²) in [6, 6.07) is 6.88. The molecule has 0 atom stereocenters. The van der Waals surface area contributed by atoms with Crippen LogP contribution in [-0.2, 0) is 0 Å². The Labute approximate surface area is 105 Å². The third-order valence-electron chi connectivity index (χ3n) is 2.68. The number of hydrogen-bond acceptors (Lipinski definition) is 4. The molecule has 18 heavy (non-hydrogen) atoms. The zero-order valence-corrected chi connectivity index (χ0v) is 10.2. The summed E-state index contributed by atoms with van der Waals surface area (Å²) in [6.07, 6.45) is 3.38. The molecule has 0 aliphatic rings. The van der Waals surface area contributed by atoms with Crippen molar-refractivity contribution in [1.82, 2.24) is 0 Å². The van der Waals surface area contributed by atoms with Crippen LogP contribution in [0.25, 0.3) is 11.0 Å². The van der Waals surface area contributed by atoms with E-state index in [1.54, 1.807) is 24.3 Å². The van der Waals surface area contributed by atoms with Gasteiger partial charge in [-0.15, -0.1) is 0 Å². The Kier molecular flexibility index (Phi) is 3.77. The molecule has 1 aromatic carbocycles. The summed E-state index contributed by atoms with van der Waals surface area (Å²) < 4.78 is 5.12. The van der Waals surface area contributed by atoms with Crippen LogP contribution >= 0.6 is 0 Å². The monoisotopic (exact) mass is 245 g/mol. The SMILES string of the molecule is CCCCN=Cc1c(O)c2ccccc2oc1=O. The first kappa shape index (κ1) is 12.4. The minimum absolute atomic E-state index is 0.0675. The number of aromatic hydroxyl groups is 1. The van der Waals surface area contributed by atoms with Crippen LogP contribution in [-0.4, -0.2) is 17.9 Å². The molecule has 2 rings (SSSR count). The number of rotatable bonds is 4. The van der Waals surface area contributed by atoms with E-state index in [1.807, 2.05) is 0 Å². The molecule has 94 valence electrons. The highest BCUT2D eigenvalue weighted by Gasteiger charge is 2.11. The van der Waals surface area contributed by atoms with Crippen molar-refractivity contribution in [2.75, 3.05) is 6.54 Å². The van der Waals surface area contributed by atoms with Gasteiger partial charge < -0.3 is 9.52 Å². The van der Waals surface area contributed by atoms with E-state index < -0.39 is 5.63 Å². The molecular formula is C14H15NO3. The quantitative estimate of drug-likeness (QED) is 0.511. The maximum atomic E-state index is 11.7. The molecule has 0 spiro atoms. The van der Waals surface area contributed by atoms with E-state index in [0.717, 1.165) is 12.8 Å². The maximum Gasteiger partial charge on any atom is 0.348 e. The molecule has 1 aromatic heterocycles. The normalized spacial score (nSPS) is 11.4. The van der Waals surface area contributed by atoms with Crippen molar-refractivity contribution >= 4 is 17.2 Å². The fraction of sp³-hybridized carbons (Fsp3) is 0.286.